The maximum atomic E-state index is 15.5. The Morgan fingerprint density at radius 2 is 1.69 bits per heavy atom. The summed E-state index contributed by atoms with van der Waals surface area (Å²) in [5, 5.41) is 2.82. The number of rotatable bonds is 6. The van der Waals surface area contributed by atoms with Crippen LogP contribution in [0.25, 0.3) is 0 Å². The molecule has 1 atom stereocenters. The first-order valence-corrected chi connectivity index (χ1v) is 13.5. The molecule has 7 aliphatic carbocycles. The number of carbonyl (C=O) groups is 1. The summed E-state index contributed by atoms with van der Waals surface area (Å²) in [6, 6.07) is 0.0849. The molecule has 0 aromatic rings. The van der Waals surface area contributed by atoms with Gasteiger partial charge in [0, 0.05) is 11.5 Å². The van der Waals surface area contributed by atoms with Gasteiger partial charge in [-0.2, -0.15) is 8.42 Å². The molecule has 7 rings (SSSR count). The van der Waals surface area contributed by atoms with Crippen LogP contribution in [0, 0.1) is 29.1 Å². The van der Waals surface area contributed by atoms with Crippen molar-refractivity contribution in [3.05, 3.63) is 23.0 Å². The predicted octanol–water partition coefficient (Wildman–Crippen LogP) is 3.88. The van der Waals surface area contributed by atoms with Crippen molar-refractivity contribution in [2.45, 2.75) is 82.8 Å². The molecule has 0 radical (unpaired) electrons. The SMILES string of the molecule is O=C(NC1CC1)C1=CC(C2CCC2)=C(OCC23CC4CC(CC(C4)C2)C3)C(=S(=O)=O)C1F. The van der Waals surface area contributed by atoms with Crippen molar-refractivity contribution >= 4 is 21.1 Å². The van der Waals surface area contributed by atoms with Gasteiger partial charge in [0.05, 0.1) is 12.2 Å². The number of carbonyl (C=O) groups excluding carboxylic acids is 1. The van der Waals surface area contributed by atoms with Crippen molar-refractivity contribution < 1.29 is 22.3 Å². The fraction of sp³-hybridized carbons (Fsp3) is 0.760. The van der Waals surface area contributed by atoms with Gasteiger partial charge in [-0.05, 0) is 99.5 Å². The van der Waals surface area contributed by atoms with E-state index >= 15 is 4.39 Å². The Morgan fingerprint density at radius 1 is 1.06 bits per heavy atom. The minimum Gasteiger partial charge on any atom is -0.491 e. The number of ether oxygens (including phenoxy) is 1. The molecule has 0 heterocycles. The lowest BCUT2D eigenvalue weighted by atomic mass is 9.50. The van der Waals surface area contributed by atoms with Crippen LogP contribution >= 0.6 is 0 Å². The highest BCUT2D eigenvalue weighted by atomic mass is 32.2. The van der Waals surface area contributed by atoms with Gasteiger partial charge in [0.15, 0.2) is 11.0 Å². The van der Waals surface area contributed by atoms with Crippen LogP contribution in [-0.2, 0) is 19.8 Å². The monoisotopic (exact) mass is 461 g/mol. The van der Waals surface area contributed by atoms with Gasteiger partial charge in [-0.15, -0.1) is 0 Å². The molecule has 5 nitrogen and oxygen atoms in total. The maximum Gasteiger partial charge on any atom is 0.250 e. The molecule has 1 N–H and O–H groups in total. The molecule has 0 aliphatic heterocycles. The molecular formula is C25H32FNO4S. The minimum absolute atomic E-state index is 0.0832. The molecule has 7 heteroatoms. The number of amides is 1. The van der Waals surface area contributed by atoms with Gasteiger partial charge < -0.3 is 10.1 Å². The third-order valence-corrected chi connectivity index (χ3v) is 9.64. The van der Waals surface area contributed by atoms with Gasteiger partial charge in [-0.25, -0.2) is 4.39 Å². The van der Waals surface area contributed by atoms with Gasteiger partial charge in [0.25, 0.3) is 5.91 Å². The van der Waals surface area contributed by atoms with Gasteiger partial charge in [-0.1, -0.05) is 6.42 Å². The lowest BCUT2D eigenvalue weighted by molar-refractivity contribution is -0.118. The third-order valence-electron chi connectivity index (χ3n) is 8.89. The average molecular weight is 462 g/mol. The van der Waals surface area contributed by atoms with Gasteiger partial charge in [0.2, 0.25) is 10.3 Å². The highest BCUT2D eigenvalue weighted by Gasteiger charge is 2.52. The van der Waals surface area contributed by atoms with Crippen LogP contribution in [0.5, 0.6) is 0 Å². The molecule has 174 valence electrons. The number of halogens is 1. The third kappa shape index (κ3) is 3.64. The van der Waals surface area contributed by atoms with Crippen LogP contribution in [-0.4, -0.2) is 38.0 Å². The zero-order valence-electron chi connectivity index (χ0n) is 18.4. The van der Waals surface area contributed by atoms with E-state index < -0.39 is 22.4 Å². The Labute approximate surface area is 190 Å². The fourth-order valence-corrected chi connectivity index (χ4v) is 8.04. The highest BCUT2D eigenvalue weighted by molar-refractivity contribution is 7.73. The molecule has 7 aliphatic rings. The summed E-state index contributed by atoms with van der Waals surface area (Å²) >= 11 is 0. The van der Waals surface area contributed by atoms with Crippen molar-refractivity contribution in [3.8, 4) is 0 Å². The number of alkyl halides is 1. The first-order valence-electron chi connectivity index (χ1n) is 12.4. The largest absolute Gasteiger partial charge is 0.491 e. The summed E-state index contributed by atoms with van der Waals surface area (Å²) in [6.45, 7) is 0.465. The van der Waals surface area contributed by atoms with Crippen molar-refractivity contribution in [3.63, 3.8) is 0 Å². The number of allylic oxidation sites excluding steroid dienone is 3. The minimum atomic E-state index is -2.79. The molecule has 0 spiro atoms. The Balaban J connectivity index is 1.33. The first kappa shape index (κ1) is 20.9. The van der Waals surface area contributed by atoms with Crippen molar-refractivity contribution in [1.29, 1.82) is 0 Å². The van der Waals surface area contributed by atoms with Crippen LogP contribution in [0.4, 0.5) is 4.39 Å². The lowest BCUT2D eigenvalue weighted by Crippen LogP contribution is -2.48. The second-order valence-corrected chi connectivity index (χ2v) is 12.3. The van der Waals surface area contributed by atoms with E-state index in [1.54, 1.807) is 6.08 Å². The second kappa shape index (κ2) is 7.71. The zero-order valence-corrected chi connectivity index (χ0v) is 19.3. The van der Waals surface area contributed by atoms with Crippen LogP contribution in [0.3, 0.4) is 0 Å². The summed E-state index contributed by atoms with van der Waals surface area (Å²) in [6.07, 6.45) is 11.7. The molecule has 32 heavy (non-hydrogen) atoms. The van der Waals surface area contributed by atoms with E-state index in [2.05, 4.69) is 5.32 Å². The quantitative estimate of drug-likeness (QED) is 0.610. The van der Waals surface area contributed by atoms with Crippen LogP contribution in [0.2, 0.25) is 0 Å². The maximum absolute atomic E-state index is 15.5. The lowest BCUT2D eigenvalue weighted by Gasteiger charge is -2.56. The van der Waals surface area contributed by atoms with Crippen molar-refractivity contribution in [2.24, 2.45) is 29.1 Å². The number of hydrogen-bond donors (Lipinski definition) is 1. The second-order valence-electron chi connectivity index (χ2n) is 11.4. The van der Waals surface area contributed by atoms with Crippen molar-refractivity contribution in [1.82, 2.24) is 5.32 Å². The topological polar surface area (TPSA) is 72.5 Å². The molecule has 1 amide bonds. The molecule has 0 aromatic heterocycles. The predicted molar refractivity (Wildman–Crippen MR) is 119 cm³/mol. The summed E-state index contributed by atoms with van der Waals surface area (Å²) in [4.78, 5) is 12.3. The van der Waals surface area contributed by atoms with Gasteiger partial charge in [0.1, 0.15) is 5.76 Å². The normalized spacial score (nSPS) is 38.4. The number of hydrogen-bond acceptors (Lipinski definition) is 4. The van der Waals surface area contributed by atoms with Gasteiger partial charge in [-0.3, -0.25) is 4.79 Å². The Bertz CT molecular complexity index is 991. The molecule has 6 fully saturated rings. The molecule has 6 saturated carbocycles. The summed E-state index contributed by atoms with van der Waals surface area (Å²) in [5.74, 6) is 2.14. The molecule has 1 unspecified atom stereocenters. The Kier molecular flexibility index (Phi) is 5.05. The smallest absolute Gasteiger partial charge is 0.250 e. The first-order chi connectivity index (χ1) is 15.4. The summed E-state index contributed by atoms with van der Waals surface area (Å²) < 4.78 is 46.3. The standard InChI is InChI=1S/C25H32FNO4S/c26-21-20(24(28)27-18-4-5-18)9-19(17-2-1-3-17)22(23(21)32(29)30)31-13-25-10-14-6-15(11-25)8-16(7-14)12-25/h9,14-18,21H,1-8,10-13H2,(H,27,28). The van der Waals surface area contributed by atoms with E-state index in [1.165, 1.54) is 19.3 Å². The molecular weight excluding hydrogens is 429 g/mol. The Hall–Kier alpha value is -1.63. The van der Waals surface area contributed by atoms with Crippen LogP contribution in [0.15, 0.2) is 23.0 Å². The molecule has 4 bridgehead atoms. The average Bonchev–Trinajstić information content (AvgIpc) is 3.48. The van der Waals surface area contributed by atoms with E-state index in [0.29, 0.717) is 6.61 Å². The summed E-state index contributed by atoms with van der Waals surface area (Å²) in [7, 11) is -2.79. The summed E-state index contributed by atoms with van der Waals surface area (Å²) in [5.41, 5.74) is 0.733. The fourth-order valence-electron chi connectivity index (χ4n) is 7.41. The van der Waals surface area contributed by atoms with Gasteiger partial charge >= 0.3 is 0 Å². The van der Waals surface area contributed by atoms with E-state index in [9.17, 15) is 13.2 Å². The van der Waals surface area contributed by atoms with Crippen molar-refractivity contribution in [2.75, 3.05) is 6.61 Å². The highest BCUT2D eigenvalue weighted by Crippen LogP contribution is 2.60. The molecule has 0 aromatic carbocycles. The van der Waals surface area contributed by atoms with Crippen LogP contribution in [0.1, 0.15) is 70.6 Å². The van der Waals surface area contributed by atoms with Crippen LogP contribution < -0.4 is 5.32 Å². The van der Waals surface area contributed by atoms with E-state index in [1.807, 2.05) is 0 Å². The van der Waals surface area contributed by atoms with E-state index in [-0.39, 0.29) is 33.6 Å². The zero-order chi connectivity index (χ0) is 22.0. The number of nitrogens with one attached hydrogen (secondary N) is 1. The Morgan fingerprint density at radius 3 is 2.19 bits per heavy atom. The van der Waals surface area contributed by atoms with E-state index in [4.69, 9.17) is 4.74 Å². The van der Waals surface area contributed by atoms with E-state index in [0.717, 1.165) is 74.7 Å². The molecule has 0 saturated heterocycles.